The minimum absolute atomic E-state index is 0.321. The van der Waals surface area contributed by atoms with Crippen LogP contribution in [0.3, 0.4) is 0 Å². The zero-order chi connectivity index (χ0) is 13.4. The number of likely N-dealkylation sites (N-methyl/N-ethyl adjacent to an activating group) is 1. The minimum Gasteiger partial charge on any atom is -0.383 e. The highest BCUT2D eigenvalue weighted by Crippen LogP contribution is 2.13. The Morgan fingerprint density at radius 1 is 1.50 bits per heavy atom. The molecule has 1 atom stereocenters. The maximum Gasteiger partial charge on any atom is 0.128 e. The maximum absolute atomic E-state index is 5.17. The Balaban J connectivity index is 2.62. The third-order valence-electron chi connectivity index (χ3n) is 3.00. The highest BCUT2D eigenvalue weighted by atomic mass is 16.5. The third-order valence-corrected chi connectivity index (χ3v) is 3.00. The lowest BCUT2D eigenvalue weighted by Gasteiger charge is -2.25. The van der Waals surface area contributed by atoms with Crippen LogP contribution in [-0.2, 0) is 11.3 Å². The van der Waals surface area contributed by atoms with Crippen molar-refractivity contribution in [2.75, 3.05) is 32.2 Å². The van der Waals surface area contributed by atoms with Crippen LogP contribution in [0.5, 0.6) is 0 Å². The number of methoxy groups -OCH3 is 1. The molecule has 0 bridgehead atoms. The molecule has 0 saturated heterocycles. The molecule has 0 saturated carbocycles. The molecule has 0 aromatic carbocycles. The average molecular weight is 251 g/mol. The van der Waals surface area contributed by atoms with Gasteiger partial charge in [-0.25, -0.2) is 4.98 Å². The maximum atomic E-state index is 5.17. The largest absolute Gasteiger partial charge is 0.383 e. The van der Waals surface area contributed by atoms with E-state index in [1.54, 1.807) is 7.11 Å². The molecule has 1 rings (SSSR count). The summed E-state index contributed by atoms with van der Waals surface area (Å²) in [6.45, 7) is 6.96. The molecule has 0 radical (unpaired) electrons. The molecule has 1 aromatic rings. The predicted octanol–water partition coefficient (Wildman–Crippen LogP) is 2.05. The van der Waals surface area contributed by atoms with Gasteiger partial charge in [-0.2, -0.15) is 0 Å². The second-order valence-corrected chi connectivity index (χ2v) is 4.61. The Bertz CT molecular complexity index is 344. The summed E-state index contributed by atoms with van der Waals surface area (Å²) in [5.41, 5.74) is 1.27. The second kappa shape index (κ2) is 8.06. The van der Waals surface area contributed by atoms with Crippen molar-refractivity contribution in [3.05, 3.63) is 23.9 Å². The smallest absolute Gasteiger partial charge is 0.128 e. The van der Waals surface area contributed by atoms with E-state index in [1.165, 1.54) is 5.56 Å². The van der Waals surface area contributed by atoms with E-state index in [2.05, 4.69) is 48.2 Å². The SMILES string of the molecule is CCCNCc1ccnc(N(C)C(C)COC)c1. The van der Waals surface area contributed by atoms with Crippen molar-refractivity contribution in [3.8, 4) is 0 Å². The Labute approximate surface area is 110 Å². The van der Waals surface area contributed by atoms with Crippen molar-refractivity contribution in [2.45, 2.75) is 32.9 Å². The molecule has 1 N–H and O–H groups in total. The van der Waals surface area contributed by atoms with Gasteiger partial charge in [-0.15, -0.1) is 0 Å². The van der Waals surface area contributed by atoms with E-state index in [1.807, 2.05) is 6.20 Å². The summed E-state index contributed by atoms with van der Waals surface area (Å²) in [6, 6.07) is 4.51. The Morgan fingerprint density at radius 3 is 2.94 bits per heavy atom. The number of nitrogens with one attached hydrogen (secondary N) is 1. The number of pyridine rings is 1. The topological polar surface area (TPSA) is 37.4 Å². The number of nitrogens with zero attached hydrogens (tertiary/aromatic N) is 2. The fraction of sp³-hybridized carbons (Fsp3) is 0.643. The van der Waals surface area contributed by atoms with Crippen molar-refractivity contribution >= 4 is 5.82 Å². The van der Waals surface area contributed by atoms with Crippen LogP contribution >= 0.6 is 0 Å². The lowest BCUT2D eigenvalue weighted by atomic mass is 10.2. The lowest BCUT2D eigenvalue weighted by Crippen LogP contribution is -2.33. The van der Waals surface area contributed by atoms with E-state index >= 15 is 0 Å². The predicted molar refractivity (Wildman–Crippen MR) is 76.0 cm³/mol. The van der Waals surface area contributed by atoms with Crippen LogP contribution in [0.25, 0.3) is 0 Å². The summed E-state index contributed by atoms with van der Waals surface area (Å²) in [5.74, 6) is 0.996. The fourth-order valence-corrected chi connectivity index (χ4v) is 1.75. The number of hydrogen-bond acceptors (Lipinski definition) is 4. The first kappa shape index (κ1) is 14.9. The summed E-state index contributed by atoms with van der Waals surface area (Å²) in [7, 11) is 3.78. The third kappa shape index (κ3) is 4.63. The van der Waals surface area contributed by atoms with Crippen LogP contribution in [-0.4, -0.2) is 38.3 Å². The number of anilines is 1. The summed E-state index contributed by atoms with van der Waals surface area (Å²) in [6.07, 6.45) is 3.02. The van der Waals surface area contributed by atoms with Crippen LogP contribution in [0.1, 0.15) is 25.8 Å². The molecule has 0 fully saturated rings. The van der Waals surface area contributed by atoms with Gasteiger partial charge < -0.3 is 15.0 Å². The number of rotatable bonds is 8. The van der Waals surface area contributed by atoms with Gasteiger partial charge in [0.15, 0.2) is 0 Å². The highest BCUT2D eigenvalue weighted by molar-refractivity contribution is 5.41. The Morgan fingerprint density at radius 2 is 2.28 bits per heavy atom. The molecule has 1 aromatic heterocycles. The number of aromatic nitrogens is 1. The molecular weight excluding hydrogens is 226 g/mol. The molecular formula is C14H25N3O. The zero-order valence-electron chi connectivity index (χ0n) is 11.9. The van der Waals surface area contributed by atoms with Gasteiger partial charge in [0.25, 0.3) is 0 Å². The first-order chi connectivity index (χ1) is 8.69. The van der Waals surface area contributed by atoms with Gasteiger partial charge in [-0.05, 0) is 37.6 Å². The molecule has 4 heteroatoms. The molecule has 0 aliphatic rings. The van der Waals surface area contributed by atoms with Gasteiger partial charge in [0.05, 0.1) is 12.6 Å². The van der Waals surface area contributed by atoms with Crippen LogP contribution in [0.15, 0.2) is 18.3 Å². The zero-order valence-corrected chi connectivity index (χ0v) is 11.9. The average Bonchev–Trinajstić information content (AvgIpc) is 2.39. The Hall–Kier alpha value is -1.13. The number of hydrogen-bond donors (Lipinski definition) is 1. The summed E-state index contributed by atoms with van der Waals surface area (Å²) in [5, 5.41) is 3.40. The highest BCUT2D eigenvalue weighted by Gasteiger charge is 2.10. The van der Waals surface area contributed by atoms with Gasteiger partial charge in [-0.1, -0.05) is 6.92 Å². The summed E-state index contributed by atoms with van der Waals surface area (Å²) in [4.78, 5) is 6.56. The molecule has 4 nitrogen and oxygen atoms in total. The van der Waals surface area contributed by atoms with Crippen molar-refractivity contribution in [1.82, 2.24) is 10.3 Å². The minimum atomic E-state index is 0.321. The monoisotopic (exact) mass is 251 g/mol. The van der Waals surface area contributed by atoms with E-state index < -0.39 is 0 Å². The van der Waals surface area contributed by atoms with E-state index in [9.17, 15) is 0 Å². The van der Waals surface area contributed by atoms with E-state index in [4.69, 9.17) is 4.74 Å². The van der Waals surface area contributed by atoms with Crippen molar-refractivity contribution in [2.24, 2.45) is 0 Å². The summed E-state index contributed by atoms with van der Waals surface area (Å²) < 4.78 is 5.17. The molecule has 0 amide bonds. The number of ether oxygens (including phenoxy) is 1. The lowest BCUT2D eigenvalue weighted by molar-refractivity contribution is 0.183. The van der Waals surface area contributed by atoms with E-state index in [-0.39, 0.29) is 0 Å². The van der Waals surface area contributed by atoms with E-state index in [0.29, 0.717) is 12.6 Å². The van der Waals surface area contributed by atoms with Gasteiger partial charge in [0.1, 0.15) is 5.82 Å². The summed E-state index contributed by atoms with van der Waals surface area (Å²) >= 11 is 0. The molecule has 0 aliphatic heterocycles. The molecule has 18 heavy (non-hydrogen) atoms. The van der Waals surface area contributed by atoms with Crippen molar-refractivity contribution < 1.29 is 4.74 Å². The van der Waals surface area contributed by atoms with Crippen LogP contribution in [0.2, 0.25) is 0 Å². The Kier molecular flexibility index (Phi) is 6.68. The van der Waals surface area contributed by atoms with Gasteiger partial charge in [-0.3, -0.25) is 0 Å². The molecule has 0 aliphatic carbocycles. The molecule has 1 unspecified atom stereocenters. The molecule has 1 heterocycles. The van der Waals surface area contributed by atoms with Gasteiger partial charge >= 0.3 is 0 Å². The standard InChI is InChI=1S/C14H25N3O/c1-5-7-15-10-13-6-8-16-14(9-13)17(3)12(2)11-18-4/h6,8-9,12,15H,5,7,10-11H2,1-4H3. The molecule has 0 spiro atoms. The van der Waals surface area contributed by atoms with E-state index in [0.717, 1.165) is 25.3 Å². The quantitative estimate of drug-likeness (QED) is 0.718. The first-order valence-corrected chi connectivity index (χ1v) is 6.56. The normalized spacial score (nSPS) is 12.4. The van der Waals surface area contributed by atoms with Gasteiger partial charge in [0.2, 0.25) is 0 Å². The second-order valence-electron chi connectivity index (χ2n) is 4.61. The van der Waals surface area contributed by atoms with Crippen molar-refractivity contribution in [3.63, 3.8) is 0 Å². The van der Waals surface area contributed by atoms with Crippen LogP contribution < -0.4 is 10.2 Å². The van der Waals surface area contributed by atoms with Crippen LogP contribution in [0.4, 0.5) is 5.82 Å². The first-order valence-electron chi connectivity index (χ1n) is 6.56. The van der Waals surface area contributed by atoms with Crippen LogP contribution in [0, 0.1) is 0 Å². The fourth-order valence-electron chi connectivity index (χ4n) is 1.75. The van der Waals surface area contributed by atoms with Crippen molar-refractivity contribution in [1.29, 1.82) is 0 Å². The molecule has 102 valence electrons. The van der Waals surface area contributed by atoms with Gasteiger partial charge in [0, 0.05) is 26.9 Å².